The summed E-state index contributed by atoms with van der Waals surface area (Å²) in [6, 6.07) is 12.3. The van der Waals surface area contributed by atoms with Crippen molar-refractivity contribution in [2.24, 2.45) is 0 Å². The molecule has 0 aromatic heterocycles. The molecule has 2 aromatic carbocycles. The number of hydrogen-bond donors (Lipinski definition) is 0. The molecule has 24 heavy (non-hydrogen) atoms. The van der Waals surface area contributed by atoms with E-state index in [0.717, 1.165) is 17.8 Å². The first kappa shape index (κ1) is 18.1. The van der Waals surface area contributed by atoms with Crippen LogP contribution in [0.2, 0.25) is 0 Å². The minimum Gasteiger partial charge on any atom is -0.312 e. The van der Waals surface area contributed by atoms with Gasteiger partial charge in [0.25, 0.3) is 0 Å². The van der Waals surface area contributed by atoms with Gasteiger partial charge in [0.15, 0.2) is 0 Å². The number of anilines is 1. The highest BCUT2D eigenvalue weighted by Crippen LogP contribution is 2.23. The van der Waals surface area contributed by atoms with Crippen molar-refractivity contribution in [3.05, 3.63) is 65.7 Å². The SMILES string of the molecule is CCN(C(=O)CN(C)C(C)c1cc(F)ccc1F)c1ccccc1. The molecule has 1 atom stereocenters. The van der Waals surface area contributed by atoms with Crippen molar-refractivity contribution in [3.8, 4) is 0 Å². The van der Waals surface area contributed by atoms with E-state index in [-0.39, 0.29) is 18.0 Å². The van der Waals surface area contributed by atoms with Crippen molar-refractivity contribution in [2.45, 2.75) is 19.9 Å². The zero-order chi connectivity index (χ0) is 17.7. The van der Waals surface area contributed by atoms with Gasteiger partial charge in [-0.3, -0.25) is 9.69 Å². The maximum absolute atomic E-state index is 13.9. The number of hydrogen-bond acceptors (Lipinski definition) is 2. The highest BCUT2D eigenvalue weighted by atomic mass is 19.1. The largest absolute Gasteiger partial charge is 0.312 e. The van der Waals surface area contributed by atoms with Crippen LogP contribution < -0.4 is 4.90 Å². The second kappa shape index (κ2) is 8.02. The lowest BCUT2D eigenvalue weighted by Gasteiger charge is -2.28. The molecule has 0 heterocycles. The fourth-order valence-corrected chi connectivity index (χ4v) is 2.62. The van der Waals surface area contributed by atoms with Gasteiger partial charge in [-0.2, -0.15) is 0 Å². The molecular weight excluding hydrogens is 310 g/mol. The smallest absolute Gasteiger partial charge is 0.241 e. The van der Waals surface area contributed by atoms with E-state index in [0.29, 0.717) is 6.54 Å². The van der Waals surface area contributed by atoms with Gasteiger partial charge in [0, 0.05) is 23.8 Å². The molecule has 0 aliphatic rings. The molecule has 5 heteroatoms. The Labute approximate surface area is 141 Å². The molecule has 0 fully saturated rings. The van der Waals surface area contributed by atoms with Gasteiger partial charge in [-0.1, -0.05) is 18.2 Å². The third-order valence-electron chi connectivity index (χ3n) is 4.14. The van der Waals surface area contributed by atoms with E-state index in [1.165, 1.54) is 6.07 Å². The van der Waals surface area contributed by atoms with Crippen LogP contribution in [0.4, 0.5) is 14.5 Å². The zero-order valence-corrected chi connectivity index (χ0v) is 14.2. The Morgan fingerprint density at radius 3 is 2.42 bits per heavy atom. The van der Waals surface area contributed by atoms with Gasteiger partial charge in [-0.25, -0.2) is 8.78 Å². The van der Waals surface area contributed by atoms with Crippen LogP contribution in [0.5, 0.6) is 0 Å². The van der Waals surface area contributed by atoms with Gasteiger partial charge in [0.05, 0.1) is 6.54 Å². The molecule has 1 amide bonds. The van der Waals surface area contributed by atoms with Gasteiger partial charge >= 0.3 is 0 Å². The summed E-state index contributed by atoms with van der Waals surface area (Å²) in [6.45, 7) is 4.31. The van der Waals surface area contributed by atoms with Crippen molar-refractivity contribution < 1.29 is 13.6 Å². The van der Waals surface area contributed by atoms with Crippen molar-refractivity contribution in [3.63, 3.8) is 0 Å². The van der Waals surface area contributed by atoms with Crippen molar-refractivity contribution in [2.75, 3.05) is 25.0 Å². The third-order valence-corrected chi connectivity index (χ3v) is 4.14. The maximum Gasteiger partial charge on any atom is 0.241 e. The molecule has 2 rings (SSSR count). The molecule has 0 aliphatic heterocycles. The second-order valence-corrected chi connectivity index (χ2v) is 5.73. The first-order valence-corrected chi connectivity index (χ1v) is 7.94. The average Bonchev–Trinajstić information content (AvgIpc) is 2.58. The Morgan fingerprint density at radius 1 is 1.12 bits per heavy atom. The van der Waals surface area contributed by atoms with Gasteiger partial charge < -0.3 is 4.90 Å². The minimum absolute atomic E-state index is 0.0881. The van der Waals surface area contributed by atoms with Crippen LogP contribution in [0.1, 0.15) is 25.5 Å². The second-order valence-electron chi connectivity index (χ2n) is 5.73. The summed E-state index contributed by atoms with van der Waals surface area (Å²) in [5, 5.41) is 0. The summed E-state index contributed by atoms with van der Waals surface area (Å²) in [6.07, 6.45) is 0. The van der Waals surface area contributed by atoms with Crippen LogP contribution in [0.25, 0.3) is 0 Å². The van der Waals surface area contributed by atoms with Crippen LogP contribution >= 0.6 is 0 Å². The predicted octanol–water partition coefficient (Wildman–Crippen LogP) is 4.01. The van der Waals surface area contributed by atoms with E-state index in [1.54, 1.807) is 23.8 Å². The Bertz CT molecular complexity index is 691. The normalized spacial score (nSPS) is 12.2. The van der Waals surface area contributed by atoms with E-state index in [9.17, 15) is 13.6 Å². The summed E-state index contributed by atoms with van der Waals surface area (Å²) in [4.78, 5) is 16.0. The Kier molecular flexibility index (Phi) is 6.04. The standard InChI is InChI=1S/C19H22F2N2O/c1-4-23(16-8-6-5-7-9-16)19(24)13-22(3)14(2)17-12-15(20)10-11-18(17)21/h5-12,14H,4,13H2,1-3H3. The summed E-state index contributed by atoms with van der Waals surface area (Å²) in [5.74, 6) is -1.05. The van der Waals surface area contributed by atoms with Gasteiger partial charge in [-0.05, 0) is 51.2 Å². The van der Waals surface area contributed by atoms with Crippen molar-refractivity contribution in [1.29, 1.82) is 0 Å². The molecule has 0 N–H and O–H groups in total. The monoisotopic (exact) mass is 332 g/mol. The number of carbonyl (C=O) groups is 1. The van der Waals surface area contributed by atoms with E-state index in [4.69, 9.17) is 0 Å². The van der Waals surface area contributed by atoms with Crippen molar-refractivity contribution in [1.82, 2.24) is 4.90 Å². The summed E-state index contributed by atoms with van der Waals surface area (Å²) < 4.78 is 27.3. The third kappa shape index (κ3) is 4.17. The fraction of sp³-hybridized carbons (Fsp3) is 0.316. The number of halogens is 2. The minimum atomic E-state index is -0.488. The first-order valence-electron chi connectivity index (χ1n) is 7.94. The van der Waals surface area contributed by atoms with Crippen LogP contribution in [0, 0.1) is 11.6 Å². The highest BCUT2D eigenvalue weighted by Gasteiger charge is 2.21. The fourth-order valence-electron chi connectivity index (χ4n) is 2.62. The summed E-state index contributed by atoms with van der Waals surface area (Å²) in [5.41, 5.74) is 1.07. The topological polar surface area (TPSA) is 23.6 Å². The maximum atomic E-state index is 13.9. The zero-order valence-electron chi connectivity index (χ0n) is 14.2. The molecule has 0 saturated heterocycles. The van der Waals surface area contributed by atoms with E-state index >= 15 is 0 Å². The van der Waals surface area contributed by atoms with Gasteiger partial charge in [0.1, 0.15) is 11.6 Å². The van der Waals surface area contributed by atoms with Crippen molar-refractivity contribution >= 4 is 11.6 Å². The van der Waals surface area contributed by atoms with Gasteiger partial charge in [0.2, 0.25) is 5.91 Å². The van der Waals surface area contributed by atoms with Gasteiger partial charge in [-0.15, -0.1) is 0 Å². The molecule has 1 unspecified atom stereocenters. The molecule has 128 valence electrons. The molecule has 0 spiro atoms. The van der Waals surface area contributed by atoms with Crippen LogP contribution in [-0.2, 0) is 4.79 Å². The van der Waals surface area contributed by atoms with Crippen LogP contribution in [-0.4, -0.2) is 30.9 Å². The summed E-state index contributed by atoms with van der Waals surface area (Å²) >= 11 is 0. The Balaban J connectivity index is 2.11. The van der Waals surface area contributed by atoms with E-state index in [2.05, 4.69) is 0 Å². The van der Waals surface area contributed by atoms with E-state index < -0.39 is 17.7 Å². The number of likely N-dealkylation sites (N-methyl/N-ethyl adjacent to an activating group) is 2. The predicted molar refractivity (Wildman–Crippen MR) is 91.9 cm³/mol. The number of carbonyl (C=O) groups excluding carboxylic acids is 1. The molecule has 3 nitrogen and oxygen atoms in total. The number of rotatable bonds is 6. The molecule has 0 radical (unpaired) electrons. The highest BCUT2D eigenvalue weighted by molar-refractivity contribution is 5.94. The number of nitrogens with zero attached hydrogens (tertiary/aromatic N) is 2. The van der Waals surface area contributed by atoms with E-state index in [1.807, 2.05) is 37.3 Å². The average molecular weight is 332 g/mol. The number of benzene rings is 2. The Hall–Kier alpha value is -2.27. The number of amides is 1. The summed E-state index contributed by atoms with van der Waals surface area (Å²) in [7, 11) is 1.73. The molecular formula is C19H22F2N2O. The molecule has 2 aromatic rings. The lowest BCUT2D eigenvalue weighted by molar-refractivity contribution is -0.119. The molecule has 0 saturated carbocycles. The lowest BCUT2D eigenvalue weighted by Crippen LogP contribution is -2.40. The Morgan fingerprint density at radius 2 is 1.79 bits per heavy atom. The van der Waals surface area contributed by atoms with Crippen LogP contribution in [0.3, 0.4) is 0 Å². The molecule has 0 bridgehead atoms. The van der Waals surface area contributed by atoms with Crippen LogP contribution in [0.15, 0.2) is 48.5 Å². The first-order chi connectivity index (χ1) is 11.4. The molecule has 0 aliphatic carbocycles. The lowest BCUT2D eigenvalue weighted by atomic mass is 10.1. The quantitative estimate of drug-likeness (QED) is 0.798. The number of para-hydroxylation sites is 1.